The summed E-state index contributed by atoms with van der Waals surface area (Å²) in [6, 6.07) is 13.0. The number of nitrogens with zero attached hydrogens (tertiary/aromatic N) is 2. The third-order valence-electron chi connectivity index (χ3n) is 7.03. The lowest BCUT2D eigenvalue weighted by atomic mass is 9.87. The van der Waals surface area contributed by atoms with Gasteiger partial charge in [0.05, 0.1) is 13.2 Å². The first-order valence-electron chi connectivity index (χ1n) is 12.1. The van der Waals surface area contributed by atoms with Crippen molar-refractivity contribution in [1.82, 2.24) is 9.80 Å². The summed E-state index contributed by atoms with van der Waals surface area (Å²) < 4.78 is 18.8. The summed E-state index contributed by atoms with van der Waals surface area (Å²) >= 11 is 0. The number of carbonyl (C=O) groups is 2. The lowest BCUT2D eigenvalue weighted by Gasteiger charge is -2.39. The van der Waals surface area contributed by atoms with Crippen molar-refractivity contribution in [2.45, 2.75) is 57.7 Å². The van der Waals surface area contributed by atoms with Gasteiger partial charge in [-0.05, 0) is 55.2 Å². The fraction of sp³-hybridized carbons (Fsp3) is 0.429. The predicted octanol–water partition coefficient (Wildman–Crippen LogP) is 5.27. The molecule has 1 aliphatic heterocycles. The second kappa shape index (κ2) is 10.9. The van der Waals surface area contributed by atoms with Crippen LogP contribution in [0.5, 0.6) is 5.75 Å². The van der Waals surface area contributed by atoms with E-state index in [1.54, 1.807) is 29.0 Å². The van der Waals surface area contributed by atoms with Crippen LogP contribution in [0.15, 0.2) is 60.7 Å². The predicted molar refractivity (Wildman–Crippen MR) is 130 cm³/mol. The third-order valence-corrected chi connectivity index (χ3v) is 7.03. The average Bonchev–Trinajstić information content (AvgIpc) is 2.88. The van der Waals surface area contributed by atoms with E-state index in [9.17, 15) is 14.0 Å². The molecule has 2 aromatic carbocycles. The first-order valence-corrected chi connectivity index (χ1v) is 12.1. The molecule has 0 saturated heterocycles. The molecule has 4 rings (SSSR count). The Bertz CT molecular complexity index is 1010. The van der Waals surface area contributed by atoms with Crippen molar-refractivity contribution < 1.29 is 18.7 Å². The van der Waals surface area contributed by atoms with Crippen molar-refractivity contribution in [2.75, 3.05) is 13.7 Å². The minimum Gasteiger partial charge on any atom is -0.497 e. The molecule has 1 saturated carbocycles. The molecule has 0 aromatic heterocycles. The van der Waals surface area contributed by atoms with Gasteiger partial charge in [-0.15, -0.1) is 0 Å². The molecular formula is C28H33FN2O3. The summed E-state index contributed by atoms with van der Waals surface area (Å²) in [5.74, 6) is 0.396. The van der Waals surface area contributed by atoms with Gasteiger partial charge >= 0.3 is 0 Å². The molecule has 6 heteroatoms. The van der Waals surface area contributed by atoms with Crippen LogP contribution in [0, 0.1) is 11.7 Å². The zero-order chi connectivity index (χ0) is 24.1. The van der Waals surface area contributed by atoms with Crippen molar-refractivity contribution in [2.24, 2.45) is 5.92 Å². The van der Waals surface area contributed by atoms with Crippen molar-refractivity contribution in [3.8, 4) is 5.75 Å². The molecule has 2 atom stereocenters. The number of amides is 2. The van der Waals surface area contributed by atoms with Gasteiger partial charge in [0, 0.05) is 19.0 Å². The number of halogens is 1. The molecule has 5 nitrogen and oxygen atoms in total. The maximum atomic E-state index is 13.9. The summed E-state index contributed by atoms with van der Waals surface area (Å²) in [7, 11) is 1.62. The Morgan fingerprint density at radius 2 is 1.71 bits per heavy atom. The fourth-order valence-corrected chi connectivity index (χ4v) is 5.00. The van der Waals surface area contributed by atoms with Gasteiger partial charge in [0.1, 0.15) is 17.6 Å². The van der Waals surface area contributed by atoms with Crippen molar-refractivity contribution in [3.05, 3.63) is 77.6 Å². The highest BCUT2D eigenvalue weighted by Gasteiger charge is 2.36. The smallest absolute Gasteiger partial charge is 0.246 e. The number of methoxy groups -OCH3 is 1. The summed E-state index contributed by atoms with van der Waals surface area (Å²) in [5, 5.41) is 0. The SMILES string of the molecule is COc1ccc(C2/C=C\CN(C(=O)C3CCCCC3)[C@@H](C)C(=O)N2Cc2ccc(F)cc2)cc1. The molecule has 0 radical (unpaired) electrons. The van der Waals surface area contributed by atoms with Crippen LogP contribution in [0.1, 0.15) is 56.2 Å². The zero-order valence-electron chi connectivity index (χ0n) is 20.0. The van der Waals surface area contributed by atoms with E-state index in [-0.39, 0.29) is 29.6 Å². The molecule has 1 unspecified atom stereocenters. The quantitative estimate of drug-likeness (QED) is 0.567. The first kappa shape index (κ1) is 24.0. The Balaban J connectivity index is 1.66. The largest absolute Gasteiger partial charge is 0.497 e. The van der Waals surface area contributed by atoms with Crippen LogP contribution < -0.4 is 4.74 Å². The van der Waals surface area contributed by atoms with E-state index in [0.29, 0.717) is 13.1 Å². The number of benzene rings is 2. The van der Waals surface area contributed by atoms with Gasteiger partial charge in [0.2, 0.25) is 11.8 Å². The van der Waals surface area contributed by atoms with Gasteiger partial charge in [0.15, 0.2) is 0 Å². The summed E-state index contributed by atoms with van der Waals surface area (Å²) in [6.45, 7) is 2.56. The summed E-state index contributed by atoms with van der Waals surface area (Å²) in [4.78, 5) is 30.8. The number of carbonyl (C=O) groups excluding carboxylic acids is 2. The van der Waals surface area contributed by atoms with Crippen LogP contribution in [0.25, 0.3) is 0 Å². The molecule has 34 heavy (non-hydrogen) atoms. The first-order chi connectivity index (χ1) is 16.5. The monoisotopic (exact) mass is 464 g/mol. The Hall–Kier alpha value is -3.15. The zero-order valence-corrected chi connectivity index (χ0v) is 20.0. The van der Waals surface area contributed by atoms with Gasteiger partial charge < -0.3 is 14.5 Å². The third kappa shape index (κ3) is 5.32. The van der Waals surface area contributed by atoms with E-state index in [1.807, 2.05) is 43.3 Å². The minimum atomic E-state index is -0.583. The van der Waals surface area contributed by atoms with Crippen LogP contribution in [-0.4, -0.2) is 41.3 Å². The molecule has 180 valence electrons. The number of hydrogen-bond acceptors (Lipinski definition) is 3. The minimum absolute atomic E-state index is 0.000222. The van der Waals surface area contributed by atoms with Crippen molar-refractivity contribution in [3.63, 3.8) is 0 Å². The Morgan fingerprint density at radius 3 is 2.35 bits per heavy atom. The molecule has 1 aliphatic carbocycles. The molecule has 2 aliphatic rings. The second-order valence-corrected chi connectivity index (χ2v) is 9.24. The van der Waals surface area contributed by atoms with E-state index in [1.165, 1.54) is 18.6 Å². The van der Waals surface area contributed by atoms with Gasteiger partial charge in [-0.25, -0.2) is 4.39 Å². The fourth-order valence-electron chi connectivity index (χ4n) is 5.00. The van der Waals surface area contributed by atoms with Crippen molar-refractivity contribution in [1.29, 1.82) is 0 Å². The van der Waals surface area contributed by atoms with E-state index in [2.05, 4.69) is 0 Å². The normalized spacial score (nSPS) is 22.7. The maximum absolute atomic E-state index is 13.9. The molecule has 0 N–H and O–H groups in total. The van der Waals surface area contributed by atoms with Crippen LogP contribution in [0.4, 0.5) is 4.39 Å². The molecular weight excluding hydrogens is 431 g/mol. The highest BCUT2D eigenvalue weighted by atomic mass is 19.1. The molecule has 0 bridgehead atoms. The number of hydrogen-bond donors (Lipinski definition) is 0. The Morgan fingerprint density at radius 1 is 1.03 bits per heavy atom. The van der Waals surface area contributed by atoms with Gasteiger partial charge in [-0.1, -0.05) is 55.7 Å². The van der Waals surface area contributed by atoms with Gasteiger partial charge in [0.25, 0.3) is 0 Å². The van der Waals surface area contributed by atoms with E-state index in [4.69, 9.17) is 4.74 Å². The highest BCUT2D eigenvalue weighted by molar-refractivity contribution is 5.89. The molecule has 0 spiro atoms. The Labute approximate surface area is 201 Å². The topological polar surface area (TPSA) is 49.9 Å². The standard InChI is InChI=1S/C28H33FN2O3/c1-20-27(32)31(19-21-10-14-24(29)15-11-21)26(22-12-16-25(34-2)17-13-22)9-6-18-30(20)28(33)23-7-4-3-5-8-23/h6,9-17,20,23,26H,3-5,7-8,18-19H2,1-2H3/b9-6-/t20-,26?/m0/s1. The number of rotatable bonds is 5. The van der Waals surface area contributed by atoms with Crippen LogP contribution >= 0.6 is 0 Å². The lowest BCUT2D eigenvalue weighted by Crippen LogP contribution is -2.52. The molecule has 2 amide bonds. The van der Waals surface area contributed by atoms with Crippen LogP contribution in [-0.2, 0) is 16.1 Å². The van der Waals surface area contributed by atoms with Gasteiger partial charge in [-0.2, -0.15) is 0 Å². The second-order valence-electron chi connectivity index (χ2n) is 9.24. The number of ether oxygens (including phenoxy) is 1. The lowest BCUT2D eigenvalue weighted by molar-refractivity contribution is -0.149. The van der Waals surface area contributed by atoms with Crippen LogP contribution in [0.2, 0.25) is 0 Å². The van der Waals surface area contributed by atoms with E-state index < -0.39 is 6.04 Å². The van der Waals surface area contributed by atoms with E-state index >= 15 is 0 Å². The molecule has 2 aromatic rings. The van der Waals surface area contributed by atoms with Crippen LogP contribution in [0.3, 0.4) is 0 Å². The average molecular weight is 465 g/mol. The van der Waals surface area contributed by atoms with Gasteiger partial charge in [-0.3, -0.25) is 9.59 Å². The molecule has 1 heterocycles. The van der Waals surface area contributed by atoms with E-state index in [0.717, 1.165) is 42.6 Å². The summed E-state index contributed by atoms with van der Waals surface area (Å²) in [6.07, 6.45) is 9.10. The highest BCUT2D eigenvalue weighted by Crippen LogP contribution is 2.31. The Kier molecular flexibility index (Phi) is 7.66. The maximum Gasteiger partial charge on any atom is 0.246 e. The summed E-state index contributed by atoms with van der Waals surface area (Å²) in [5.41, 5.74) is 1.78. The van der Waals surface area contributed by atoms with Crippen molar-refractivity contribution >= 4 is 11.8 Å². The molecule has 1 fully saturated rings.